The highest BCUT2D eigenvalue weighted by atomic mass is 35.5. The van der Waals surface area contributed by atoms with Crippen LogP contribution in [0.15, 0.2) is 176 Å². The number of hydrogen-bond acceptors (Lipinski definition) is 16. The molecule has 0 radical (unpaired) electrons. The first-order chi connectivity index (χ1) is 44.3. The van der Waals surface area contributed by atoms with Crippen molar-refractivity contribution in [1.29, 1.82) is 0 Å². The predicted molar refractivity (Wildman–Crippen MR) is 350 cm³/mol. The van der Waals surface area contributed by atoms with E-state index in [1.807, 2.05) is 138 Å². The molecular weight excluding hydrogens is 1210 g/mol. The van der Waals surface area contributed by atoms with E-state index in [1.54, 1.807) is 6.33 Å². The second-order valence-corrected chi connectivity index (χ2v) is 34.6. The Labute approximate surface area is 541 Å². The molecule has 4 saturated heterocycles. The summed E-state index contributed by atoms with van der Waals surface area (Å²) in [4.78, 5) is 13.8. The Morgan fingerprint density at radius 2 is 0.978 bits per heavy atom. The summed E-state index contributed by atoms with van der Waals surface area (Å²) in [5.74, 6) is 0. The van der Waals surface area contributed by atoms with Crippen LogP contribution in [0.3, 0.4) is 0 Å². The summed E-state index contributed by atoms with van der Waals surface area (Å²) in [7, 11) is -6.37. The number of benzene rings is 6. The lowest BCUT2D eigenvalue weighted by Gasteiger charge is -2.51. The van der Waals surface area contributed by atoms with Gasteiger partial charge in [-0.2, -0.15) is 0 Å². The van der Waals surface area contributed by atoms with Crippen LogP contribution in [0.2, 0.25) is 27.3 Å². The van der Waals surface area contributed by atoms with Crippen molar-refractivity contribution < 1.29 is 60.3 Å². The molecule has 8 aromatic rings. The first-order valence-corrected chi connectivity index (χ1v) is 36.3. The average Bonchev–Trinajstić information content (AvgIpc) is 1.72. The summed E-state index contributed by atoms with van der Waals surface area (Å²) in [6.07, 6.45) is -7.43. The number of halogens is 1. The molecule has 91 heavy (non-hydrogen) atoms. The maximum atomic E-state index is 7.89. The van der Waals surface area contributed by atoms with Crippen molar-refractivity contribution in [2.75, 3.05) is 19.8 Å². The molecule has 482 valence electrons. The molecule has 0 bridgehead atoms. The fourth-order valence-electron chi connectivity index (χ4n) is 13.2. The second-order valence-electron chi connectivity index (χ2n) is 25.4. The van der Waals surface area contributed by atoms with Crippen molar-refractivity contribution in [3.05, 3.63) is 209 Å². The van der Waals surface area contributed by atoms with Crippen LogP contribution in [0, 0.1) is 0 Å². The smallest absolute Gasteiger partial charge is 0.335 e. The maximum Gasteiger partial charge on any atom is 0.335 e. The van der Waals surface area contributed by atoms with E-state index in [-0.39, 0.29) is 67.0 Å². The fourth-order valence-corrected chi connectivity index (χ4v) is 24.6. The fraction of sp³-hybridized carbons (Fsp3) is 0.451. The lowest BCUT2D eigenvalue weighted by molar-refractivity contribution is -0.271. The Hall–Kier alpha value is -5.67. The number of imidazole rings is 1. The Balaban J connectivity index is 0.963. The highest BCUT2D eigenvalue weighted by molar-refractivity contribution is 6.84. The standard InChI is InChI=1S/C71H85ClN4O13Si2/c1-46(2)90(47(3)4)82-43-59-63(88-91(89-90,48(5)6)49(7)8)64(69(83-59)76-45-75-60-67(72)73-44-74-68(60)76)86-71-66(62(80-39-53-29-19-12-20-30-53)58(85-71)42-78-37-51-25-15-10-16-26-51)87-70-65(81-40-54-33-34-55-31-21-22-32-56(55)35-54)61(79-38-52-27-17-11-18-28-52)57(84-70)41-77-36-50-23-13-9-14-24-50/h9-35,44-49,57-59,61-66,69-71H,36-43H2,1-8H3/t57?,58?,59-,61?,62?,63+,64?,65?,66?,69-,70+,71+/m1/s1. The van der Waals surface area contributed by atoms with Gasteiger partial charge in [-0.05, 0) is 66.8 Å². The van der Waals surface area contributed by atoms with Crippen LogP contribution in [-0.4, -0.2) is 124 Å². The molecule has 7 unspecified atom stereocenters. The van der Waals surface area contributed by atoms with Gasteiger partial charge in [-0.3, -0.25) is 4.57 Å². The summed E-state index contributed by atoms with van der Waals surface area (Å²) in [5.41, 5.74) is 5.90. The highest BCUT2D eigenvalue weighted by Crippen LogP contribution is 2.50. The van der Waals surface area contributed by atoms with Gasteiger partial charge in [-0.15, -0.1) is 0 Å². The largest absolute Gasteiger partial charge is 0.414 e. The molecule has 12 rings (SSSR count). The SMILES string of the molecule is CC(C)[Si]1(C(C)C)OC[C@H]2O[C@@H](n3cnc4c(Cl)ncnc43)C(O[C@@H]3OC(COCc4ccccc4)C(OCc4ccccc4)C3O[C@@H]3OC(COCc4ccccc4)C(OCc4ccccc4)C3OCc3ccc4ccccc4c3)[C@H]2O[Si](C(C)C)(C(C)C)O1. The highest BCUT2D eigenvalue weighted by Gasteiger charge is 2.64. The maximum absolute atomic E-state index is 7.89. The molecule has 20 heteroatoms. The van der Waals surface area contributed by atoms with E-state index in [9.17, 15) is 0 Å². The Morgan fingerprint density at radius 3 is 1.54 bits per heavy atom. The zero-order valence-electron chi connectivity index (χ0n) is 53.1. The molecule has 4 aliphatic rings. The molecule has 0 N–H and O–H groups in total. The lowest BCUT2D eigenvalue weighted by atomic mass is 10.1. The minimum absolute atomic E-state index is 0.0204. The van der Waals surface area contributed by atoms with Crippen molar-refractivity contribution in [1.82, 2.24) is 19.5 Å². The molecule has 17 nitrogen and oxygen atoms in total. The zero-order valence-corrected chi connectivity index (χ0v) is 55.9. The Bertz CT molecular complexity index is 3570. The van der Waals surface area contributed by atoms with Crippen molar-refractivity contribution in [2.45, 2.75) is 184 Å². The first-order valence-electron chi connectivity index (χ1n) is 32.0. The van der Waals surface area contributed by atoms with E-state index in [1.165, 1.54) is 6.33 Å². The monoisotopic (exact) mass is 1290 g/mol. The van der Waals surface area contributed by atoms with E-state index in [0.717, 1.165) is 38.6 Å². The van der Waals surface area contributed by atoms with Gasteiger partial charge in [0.15, 0.2) is 29.6 Å². The van der Waals surface area contributed by atoms with E-state index < -0.39 is 90.9 Å². The van der Waals surface area contributed by atoms with Gasteiger partial charge in [-0.1, -0.05) is 225 Å². The third kappa shape index (κ3) is 14.7. The number of aromatic nitrogens is 4. The molecule has 0 saturated carbocycles. The Morgan fingerprint density at radius 1 is 0.495 bits per heavy atom. The van der Waals surface area contributed by atoms with Crippen LogP contribution in [0.4, 0.5) is 0 Å². The number of rotatable bonds is 26. The summed E-state index contributed by atoms with van der Waals surface area (Å²) in [6.45, 7) is 19.4. The number of nitrogens with zero attached hydrogens (tertiary/aromatic N) is 4. The Kier molecular flexibility index (Phi) is 21.4. The molecule has 12 atom stereocenters. The molecule has 0 spiro atoms. The quantitative estimate of drug-likeness (QED) is 0.0371. The molecule has 4 fully saturated rings. The predicted octanol–water partition coefficient (Wildman–Crippen LogP) is 13.9. The number of ether oxygens (including phenoxy) is 10. The third-order valence-corrected chi connectivity index (χ3v) is 28.5. The molecule has 6 aromatic carbocycles. The van der Waals surface area contributed by atoms with Gasteiger partial charge in [0, 0.05) is 0 Å². The van der Waals surface area contributed by atoms with Crippen LogP contribution in [0.5, 0.6) is 0 Å². The van der Waals surface area contributed by atoms with Crippen LogP contribution in [0.25, 0.3) is 21.9 Å². The summed E-state index contributed by atoms with van der Waals surface area (Å²) in [5, 5.41) is 2.41. The van der Waals surface area contributed by atoms with Gasteiger partial charge < -0.3 is 60.3 Å². The van der Waals surface area contributed by atoms with E-state index >= 15 is 0 Å². The molecule has 4 aliphatic heterocycles. The average molecular weight is 1290 g/mol. The van der Waals surface area contributed by atoms with E-state index in [4.69, 9.17) is 81.9 Å². The molecule has 2 aromatic heterocycles. The van der Waals surface area contributed by atoms with Crippen LogP contribution in [-0.2, 0) is 93.4 Å². The van der Waals surface area contributed by atoms with Gasteiger partial charge in [0.1, 0.15) is 66.8 Å². The number of fused-ring (bicyclic) bond motifs is 3. The second kappa shape index (κ2) is 29.7. The zero-order chi connectivity index (χ0) is 63.1. The van der Waals surface area contributed by atoms with Crippen LogP contribution in [0.1, 0.15) is 89.4 Å². The van der Waals surface area contributed by atoms with E-state index in [0.29, 0.717) is 24.4 Å². The molecular formula is C71H85ClN4O13Si2. The normalized spacial score (nSPS) is 26.5. The van der Waals surface area contributed by atoms with Crippen LogP contribution < -0.4 is 0 Å². The minimum Gasteiger partial charge on any atom is -0.414 e. The van der Waals surface area contributed by atoms with Gasteiger partial charge in [-0.25, -0.2) is 15.0 Å². The van der Waals surface area contributed by atoms with Crippen molar-refractivity contribution in [3.63, 3.8) is 0 Å². The van der Waals surface area contributed by atoms with Crippen molar-refractivity contribution in [3.8, 4) is 0 Å². The van der Waals surface area contributed by atoms with E-state index in [2.05, 4.69) is 90.7 Å². The van der Waals surface area contributed by atoms with Gasteiger partial charge in [0.05, 0.1) is 59.2 Å². The molecule has 0 amide bonds. The molecule has 6 heterocycles. The van der Waals surface area contributed by atoms with Crippen molar-refractivity contribution in [2.24, 2.45) is 0 Å². The third-order valence-electron chi connectivity index (χ3n) is 17.9. The number of hydrogen-bond donors (Lipinski definition) is 0. The summed E-state index contributed by atoms with van der Waals surface area (Å²) < 4.78 is 96.7. The van der Waals surface area contributed by atoms with Gasteiger partial charge in [0.2, 0.25) is 0 Å². The minimum atomic E-state index is -3.33. The molecule has 0 aliphatic carbocycles. The van der Waals surface area contributed by atoms with Crippen molar-refractivity contribution >= 4 is 50.7 Å². The first kappa shape index (κ1) is 65.4. The summed E-state index contributed by atoms with van der Waals surface area (Å²) in [6, 6.07) is 54.9. The van der Waals surface area contributed by atoms with Gasteiger partial charge >= 0.3 is 17.1 Å². The lowest BCUT2D eigenvalue weighted by Crippen LogP contribution is -2.66. The van der Waals surface area contributed by atoms with Gasteiger partial charge in [0.25, 0.3) is 0 Å². The topological polar surface area (TPSA) is 164 Å². The summed E-state index contributed by atoms with van der Waals surface area (Å²) >= 11 is 6.77. The van der Waals surface area contributed by atoms with Crippen LogP contribution >= 0.6 is 11.6 Å².